The van der Waals surface area contributed by atoms with Gasteiger partial charge < -0.3 is 45.0 Å². The summed E-state index contributed by atoms with van der Waals surface area (Å²) in [5.74, 6) is -1.18. The van der Waals surface area contributed by atoms with E-state index in [4.69, 9.17) is 18.5 Å². The van der Waals surface area contributed by atoms with Crippen molar-refractivity contribution in [2.45, 2.75) is 223 Å². The number of phosphoric ester groups is 1. The van der Waals surface area contributed by atoms with Gasteiger partial charge in [0.25, 0.3) is 0 Å². The molecular weight excluding hydrogens is 843 g/mol. The van der Waals surface area contributed by atoms with Crippen molar-refractivity contribution in [1.82, 2.24) is 0 Å². The van der Waals surface area contributed by atoms with Crippen LogP contribution in [0.1, 0.15) is 174 Å². The van der Waals surface area contributed by atoms with Crippen molar-refractivity contribution in [2.75, 3.05) is 13.2 Å². The van der Waals surface area contributed by atoms with Gasteiger partial charge in [-0.05, 0) is 64.2 Å². The zero-order valence-electron chi connectivity index (χ0n) is 38.9. The molecule has 1 rings (SSSR count). The Labute approximate surface area is 384 Å². The molecule has 370 valence electrons. The summed E-state index contributed by atoms with van der Waals surface area (Å²) in [4.78, 5) is 35.8. The summed E-state index contributed by atoms with van der Waals surface area (Å²) >= 11 is 0. The lowest BCUT2D eigenvalue weighted by atomic mass is 9.85. The fraction of sp³-hybridized carbons (Fsp3) is 0.755. The van der Waals surface area contributed by atoms with Gasteiger partial charge in [0, 0.05) is 12.8 Å². The van der Waals surface area contributed by atoms with Crippen molar-refractivity contribution in [3.8, 4) is 0 Å². The molecule has 7 N–H and O–H groups in total. The van der Waals surface area contributed by atoms with Crippen molar-refractivity contribution in [2.24, 2.45) is 0 Å². The van der Waals surface area contributed by atoms with E-state index >= 15 is 0 Å². The molecule has 4 unspecified atom stereocenters. The summed E-state index contributed by atoms with van der Waals surface area (Å²) in [5.41, 5.74) is 0. The zero-order valence-corrected chi connectivity index (χ0v) is 39.8. The van der Waals surface area contributed by atoms with Gasteiger partial charge in [0.05, 0.1) is 12.7 Å². The number of carbonyl (C=O) groups excluding carboxylic acids is 2. The molecule has 0 aromatic carbocycles. The van der Waals surface area contributed by atoms with Gasteiger partial charge >= 0.3 is 19.8 Å². The lowest BCUT2D eigenvalue weighted by molar-refractivity contribution is -0.220. The molecule has 14 nitrogen and oxygen atoms in total. The first kappa shape index (κ1) is 59.5. The number of carbonyl (C=O) groups is 2. The Kier molecular flexibility index (Phi) is 35.9. The standard InChI is InChI=1S/C49H85O14P/c1-3-5-7-9-11-12-13-14-15-16-17-18-19-20-21-22-24-28-33-37-43(52)62-41(39-61-64(58,59)63-49-47(56)45(54)44(53)46(55)48(49)57)38-60-42(51)36-32-29-25-27-31-35-40(50)34-30-26-23-10-8-6-4-2/h6,8,11-12,14-15,23,26,30,34,40-41,44-50,53-57H,3-5,7,9-10,13,16-22,24-25,27-29,31-33,35-39H2,1-2H3,(H,58,59)/b8-6+,12-11-,15-14-,26-23+,34-30+/t40?,41-,44?,45-,46+,47-,48-,49?/m1/s1. The second kappa shape index (κ2) is 38.6. The topological polar surface area (TPSA) is 230 Å². The quantitative estimate of drug-likeness (QED) is 0.0101. The number of allylic oxidation sites excluding steroid dienone is 9. The Morgan fingerprint density at radius 2 is 1.08 bits per heavy atom. The molecule has 0 aromatic rings. The number of ether oxygens (including phenoxy) is 2. The molecule has 1 saturated carbocycles. The molecule has 64 heavy (non-hydrogen) atoms. The first-order chi connectivity index (χ1) is 30.8. The van der Waals surface area contributed by atoms with Crippen molar-refractivity contribution < 1.29 is 68.2 Å². The largest absolute Gasteiger partial charge is 0.472 e. The Morgan fingerprint density at radius 1 is 0.578 bits per heavy atom. The second-order valence-electron chi connectivity index (χ2n) is 16.8. The van der Waals surface area contributed by atoms with E-state index in [-0.39, 0.29) is 12.8 Å². The molecule has 0 bridgehead atoms. The van der Waals surface area contributed by atoms with Crippen LogP contribution in [0.3, 0.4) is 0 Å². The number of hydrogen-bond acceptors (Lipinski definition) is 13. The molecular formula is C49H85O14P. The van der Waals surface area contributed by atoms with Crippen molar-refractivity contribution in [1.29, 1.82) is 0 Å². The van der Waals surface area contributed by atoms with Gasteiger partial charge in [0.15, 0.2) is 6.10 Å². The van der Waals surface area contributed by atoms with Crippen LogP contribution in [0, 0.1) is 0 Å². The molecule has 1 aliphatic rings. The molecule has 0 aliphatic heterocycles. The summed E-state index contributed by atoms with van der Waals surface area (Å²) in [6.45, 7) is 3.06. The third-order valence-corrected chi connectivity index (χ3v) is 11.9. The monoisotopic (exact) mass is 929 g/mol. The Balaban J connectivity index is 2.47. The first-order valence-corrected chi connectivity index (χ1v) is 25.7. The minimum absolute atomic E-state index is 0.0692. The third-order valence-electron chi connectivity index (χ3n) is 10.9. The van der Waals surface area contributed by atoms with Crippen LogP contribution in [0.2, 0.25) is 0 Å². The molecule has 1 aliphatic carbocycles. The number of esters is 2. The van der Waals surface area contributed by atoms with E-state index in [9.17, 15) is 49.7 Å². The van der Waals surface area contributed by atoms with Crippen LogP contribution in [0.4, 0.5) is 0 Å². The first-order valence-electron chi connectivity index (χ1n) is 24.2. The summed E-state index contributed by atoms with van der Waals surface area (Å²) in [7, 11) is -5.15. The van der Waals surface area contributed by atoms with Crippen LogP contribution in [0.15, 0.2) is 60.8 Å². The maximum Gasteiger partial charge on any atom is 0.472 e. The fourth-order valence-corrected chi connectivity index (χ4v) is 8.00. The molecule has 0 spiro atoms. The number of rotatable bonds is 39. The van der Waals surface area contributed by atoms with E-state index in [0.29, 0.717) is 19.3 Å². The number of phosphoric acid groups is 1. The minimum atomic E-state index is -5.15. The van der Waals surface area contributed by atoms with Gasteiger partial charge in [-0.3, -0.25) is 18.6 Å². The lowest BCUT2D eigenvalue weighted by Crippen LogP contribution is -2.64. The SMILES string of the molecule is CC/C=C/C/C=C/C=C/C(O)CCCCCCCC(=O)OC[C@H](COP(=O)(O)OC1[C@H](O)[C@H](O)C(O)[C@H](O)[C@H]1O)OC(=O)CCCCCCCCCCC/C=C\C/C=C\CCCCC. The van der Waals surface area contributed by atoms with Crippen LogP contribution >= 0.6 is 7.82 Å². The summed E-state index contributed by atoms with van der Waals surface area (Å²) in [6, 6.07) is 0. The smallest absolute Gasteiger partial charge is 0.462 e. The van der Waals surface area contributed by atoms with Gasteiger partial charge in [-0.1, -0.05) is 158 Å². The van der Waals surface area contributed by atoms with E-state index in [2.05, 4.69) is 50.3 Å². The highest BCUT2D eigenvalue weighted by Crippen LogP contribution is 2.47. The molecule has 0 heterocycles. The van der Waals surface area contributed by atoms with Crippen molar-refractivity contribution in [3.63, 3.8) is 0 Å². The van der Waals surface area contributed by atoms with E-state index in [1.54, 1.807) is 6.08 Å². The average Bonchev–Trinajstić information content (AvgIpc) is 3.27. The van der Waals surface area contributed by atoms with Gasteiger partial charge in [0.2, 0.25) is 0 Å². The van der Waals surface area contributed by atoms with Gasteiger partial charge in [-0.25, -0.2) is 4.57 Å². The molecule has 9 atom stereocenters. The fourth-order valence-electron chi connectivity index (χ4n) is 7.03. The highest BCUT2D eigenvalue weighted by atomic mass is 31.2. The Hall–Kier alpha value is -2.49. The normalized spacial score (nSPS) is 22.6. The van der Waals surface area contributed by atoms with E-state index in [0.717, 1.165) is 77.0 Å². The van der Waals surface area contributed by atoms with E-state index in [1.165, 1.54) is 51.4 Å². The summed E-state index contributed by atoms with van der Waals surface area (Å²) < 4.78 is 33.5. The lowest BCUT2D eigenvalue weighted by Gasteiger charge is -2.41. The highest BCUT2D eigenvalue weighted by molar-refractivity contribution is 7.47. The van der Waals surface area contributed by atoms with Gasteiger partial charge in [-0.15, -0.1) is 0 Å². The Morgan fingerprint density at radius 3 is 1.67 bits per heavy atom. The Bertz CT molecular complexity index is 1370. The maximum absolute atomic E-state index is 12.8. The predicted molar refractivity (Wildman–Crippen MR) is 250 cm³/mol. The number of unbranched alkanes of at least 4 members (excludes halogenated alkanes) is 16. The van der Waals surface area contributed by atoms with Crippen LogP contribution < -0.4 is 0 Å². The van der Waals surface area contributed by atoms with Crippen LogP contribution in [-0.2, 0) is 32.7 Å². The summed E-state index contributed by atoms with van der Waals surface area (Å²) in [5, 5.41) is 60.4. The predicted octanol–water partition coefficient (Wildman–Crippen LogP) is 8.70. The minimum Gasteiger partial charge on any atom is -0.462 e. The molecule has 0 amide bonds. The zero-order chi connectivity index (χ0) is 47.3. The second-order valence-corrected chi connectivity index (χ2v) is 18.2. The van der Waals surface area contributed by atoms with Crippen LogP contribution in [0.5, 0.6) is 0 Å². The summed E-state index contributed by atoms with van der Waals surface area (Å²) in [6.07, 6.45) is 29.9. The van der Waals surface area contributed by atoms with Crippen molar-refractivity contribution >= 4 is 19.8 Å². The molecule has 0 radical (unpaired) electrons. The highest BCUT2D eigenvalue weighted by Gasteiger charge is 2.51. The molecule has 0 saturated heterocycles. The van der Waals surface area contributed by atoms with Gasteiger partial charge in [-0.2, -0.15) is 0 Å². The molecule has 15 heteroatoms. The van der Waals surface area contributed by atoms with Crippen LogP contribution in [-0.4, -0.2) is 110 Å². The number of aliphatic hydroxyl groups excluding tert-OH is 6. The number of hydrogen-bond donors (Lipinski definition) is 7. The molecule has 1 fully saturated rings. The molecule has 0 aromatic heterocycles. The van der Waals surface area contributed by atoms with E-state index < -0.39 is 81.8 Å². The maximum atomic E-state index is 12.8. The van der Waals surface area contributed by atoms with Crippen LogP contribution in [0.25, 0.3) is 0 Å². The van der Waals surface area contributed by atoms with Gasteiger partial charge in [0.1, 0.15) is 43.2 Å². The average molecular weight is 929 g/mol. The third kappa shape index (κ3) is 30.7. The van der Waals surface area contributed by atoms with Crippen molar-refractivity contribution in [3.05, 3.63) is 60.8 Å². The van der Waals surface area contributed by atoms with E-state index in [1.807, 2.05) is 18.2 Å². The number of aliphatic hydroxyl groups is 6.